The van der Waals surface area contributed by atoms with Gasteiger partial charge in [-0.1, -0.05) is 83.3 Å². The molecule has 0 aliphatic rings. The van der Waals surface area contributed by atoms with Crippen molar-refractivity contribution < 1.29 is 9.59 Å². The van der Waals surface area contributed by atoms with Crippen LogP contribution in [0, 0.1) is 6.92 Å². The van der Waals surface area contributed by atoms with Crippen molar-refractivity contribution in [3.05, 3.63) is 91.8 Å². The van der Waals surface area contributed by atoms with Crippen LogP contribution in [0.4, 0.5) is 5.13 Å². The van der Waals surface area contributed by atoms with Crippen LogP contribution in [-0.4, -0.2) is 21.2 Å². The first-order valence-electron chi connectivity index (χ1n) is 9.63. The van der Waals surface area contributed by atoms with Crippen LogP contribution in [0.5, 0.6) is 0 Å². The molecule has 8 heteroatoms. The van der Waals surface area contributed by atoms with E-state index < -0.39 is 0 Å². The van der Waals surface area contributed by atoms with E-state index in [1.54, 1.807) is 22.1 Å². The van der Waals surface area contributed by atoms with E-state index in [-0.39, 0.29) is 23.0 Å². The summed E-state index contributed by atoms with van der Waals surface area (Å²) in [6.07, 6.45) is 0.139. The van der Waals surface area contributed by atoms with Crippen LogP contribution in [0.1, 0.15) is 27.3 Å². The summed E-state index contributed by atoms with van der Waals surface area (Å²) in [5, 5.41) is 4.92. The minimum Gasteiger partial charge on any atom is -0.303 e. The number of benzene rings is 2. The maximum atomic E-state index is 13.1. The van der Waals surface area contributed by atoms with Gasteiger partial charge in [0.05, 0.1) is 5.69 Å². The summed E-state index contributed by atoms with van der Waals surface area (Å²) in [7, 11) is 0. The Bertz CT molecular complexity index is 1270. The van der Waals surface area contributed by atoms with E-state index in [2.05, 4.69) is 10.3 Å². The summed E-state index contributed by atoms with van der Waals surface area (Å²) in [6, 6.07) is 18.4. The van der Waals surface area contributed by atoms with E-state index in [4.69, 9.17) is 0 Å². The summed E-state index contributed by atoms with van der Waals surface area (Å²) in [5.74, 6) is -0.400. The maximum Gasteiger partial charge on any atom is 0.307 e. The van der Waals surface area contributed by atoms with Crippen LogP contribution in [-0.2, 0) is 11.3 Å². The summed E-state index contributed by atoms with van der Waals surface area (Å²) in [6.45, 7) is 2.14. The number of carbonyl (C=O) groups excluding carboxylic acids is 2. The highest BCUT2D eigenvalue weighted by atomic mass is 32.1. The van der Waals surface area contributed by atoms with Crippen molar-refractivity contribution in [2.75, 3.05) is 5.32 Å². The quantitative estimate of drug-likeness (QED) is 0.418. The number of ketones is 1. The molecule has 0 fully saturated rings. The molecule has 6 nitrogen and oxygen atoms in total. The van der Waals surface area contributed by atoms with Gasteiger partial charge in [-0.15, -0.1) is 0 Å². The minimum atomic E-state index is -0.260. The Hall–Kier alpha value is -3.36. The zero-order chi connectivity index (χ0) is 21.8. The molecule has 0 aliphatic carbocycles. The van der Waals surface area contributed by atoms with Crippen LogP contribution in [0.2, 0.25) is 0 Å². The third-order valence-corrected chi connectivity index (χ3v) is 6.55. The number of thiazole rings is 2. The lowest BCUT2D eigenvalue weighted by Crippen LogP contribution is -2.20. The monoisotopic (exact) mass is 449 g/mol. The number of anilines is 1. The molecule has 0 bridgehead atoms. The second-order valence-corrected chi connectivity index (χ2v) is 8.67. The first-order chi connectivity index (χ1) is 15.0. The van der Waals surface area contributed by atoms with Gasteiger partial charge >= 0.3 is 4.87 Å². The summed E-state index contributed by atoms with van der Waals surface area (Å²) in [5.41, 5.74) is 2.74. The first-order valence-corrected chi connectivity index (χ1v) is 11.3. The number of hydrogen-bond donors (Lipinski definition) is 1. The van der Waals surface area contributed by atoms with E-state index >= 15 is 0 Å². The number of nitrogens with one attached hydrogen (secondary N) is 1. The van der Waals surface area contributed by atoms with E-state index in [0.29, 0.717) is 27.8 Å². The van der Waals surface area contributed by atoms with Gasteiger partial charge in [-0.05, 0) is 6.92 Å². The lowest BCUT2D eigenvalue weighted by atomic mass is 10.1. The molecular formula is C23H19N3O3S2. The van der Waals surface area contributed by atoms with E-state index in [9.17, 15) is 14.4 Å². The van der Waals surface area contributed by atoms with Gasteiger partial charge in [-0.3, -0.25) is 14.4 Å². The van der Waals surface area contributed by atoms with Gasteiger partial charge in [0.15, 0.2) is 5.13 Å². The lowest BCUT2D eigenvalue weighted by molar-refractivity contribution is -0.116. The highest BCUT2D eigenvalue weighted by molar-refractivity contribution is 7.18. The predicted octanol–water partition coefficient (Wildman–Crippen LogP) is 4.60. The third-order valence-electron chi connectivity index (χ3n) is 4.70. The molecule has 0 radical (unpaired) electrons. The molecule has 0 saturated carbocycles. The number of carbonyl (C=O) groups is 2. The van der Waals surface area contributed by atoms with Crippen molar-refractivity contribution in [3.63, 3.8) is 0 Å². The summed E-state index contributed by atoms with van der Waals surface area (Å²) in [4.78, 5) is 42.4. The summed E-state index contributed by atoms with van der Waals surface area (Å²) >= 11 is 2.27. The molecule has 0 atom stereocenters. The molecular weight excluding hydrogens is 430 g/mol. The molecule has 2 aromatic heterocycles. The maximum absolute atomic E-state index is 13.1. The Morgan fingerprint density at radius 2 is 1.71 bits per heavy atom. The normalized spacial score (nSPS) is 10.7. The zero-order valence-corrected chi connectivity index (χ0v) is 18.3. The minimum absolute atomic E-state index is 0.0818. The topological polar surface area (TPSA) is 81.1 Å². The van der Waals surface area contributed by atoms with E-state index in [1.165, 1.54) is 0 Å². The van der Waals surface area contributed by atoms with Crippen LogP contribution in [0.3, 0.4) is 0 Å². The van der Waals surface area contributed by atoms with Crippen LogP contribution in [0.15, 0.2) is 70.8 Å². The number of nitrogens with zero attached hydrogens (tertiary/aromatic N) is 2. The SMILES string of the molecule is Cc1csc(=O)n1CCC(=O)Nc1nc(-c2ccccc2)c(C(=O)c2ccccc2)s1. The Morgan fingerprint density at radius 1 is 1.03 bits per heavy atom. The van der Waals surface area contributed by atoms with Gasteiger partial charge in [0.2, 0.25) is 11.7 Å². The van der Waals surface area contributed by atoms with Gasteiger partial charge in [0, 0.05) is 35.2 Å². The fourth-order valence-electron chi connectivity index (χ4n) is 3.11. The molecule has 2 heterocycles. The van der Waals surface area contributed by atoms with Crippen molar-refractivity contribution in [2.45, 2.75) is 19.9 Å². The Kier molecular flexibility index (Phi) is 6.20. The van der Waals surface area contributed by atoms with Gasteiger partial charge < -0.3 is 9.88 Å². The molecule has 4 rings (SSSR count). The molecule has 0 saturated heterocycles. The highest BCUT2D eigenvalue weighted by Crippen LogP contribution is 2.33. The fraction of sp³-hybridized carbons (Fsp3) is 0.130. The standard InChI is InChI=1S/C23H19N3O3S2/c1-15-14-30-23(29)26(15)13-12-18(27)24-22-25-19(16-8-4-2-5-9-16)21(31-22)20(28)17-10-6-3-7-11-17/h2-11,14H,12-13H2,1H3,(H,24,25,27). The molecule has 0 unspecified atom stereocenters. The average molecular weight is 450 g/mol. The molecule has 4 aromatic rings. The second-order valence-electron chi connectivity index (χ2n) is 6.85. The van der Waals surface area contributed by atoms with Crippen molar-refractivity contribution in [1.82, 2.24) is 9.55 Å². The number of amides is 1. The number of aryl methyl sites for hydroxylation is 1. The second kappa shape index (κ2) is 9.20. The smallest absolute Gasteiger partial charge is 0.303 e. The first kappa shape index (κ1) is 20.9. The Labute approximate surface area is 186 Å². The van der Waals surface area contributed by atoms with Gasteiger partial charge in [-0.2, -0.15) is 0 Å². The van der Waals surface area contributed by atoms with E-state index in [1.807, 2.05) is 55.5 Å². The third kappa shape index (κ3) is 4.70. The highest BCUT2D eigenvalue weighted by Gasteiger charge is 2.21. The van der Waals surface area contributed by atoms with E-state index in [0.717, 1.165) is 33.9 Å². The Morgan fingerprint density at radius 3 is 2.35 bits per heavy atom. The molecule has 31 heavy (non-hydrogen) atoms. The zero-order valence-electron chi connectivity index (χ0n) is 16.7. The van der Waals surface area contributed by atoms with Gasteiger partial charge in [-0.25, -0.2) is 4.98 Å². The molecule has 0 spiro atoms. The molecule has 156 valence electrons. The van der Waals surface area contributed by atoms with Crippen molar-refractivity contribution in [1.29, 1.82) is 0 Å². The summed E-state index contributed by atoms with van der Waals surface area (Å²) < 4.78 is 1.58. The van der Waals surface area contributed by atoms with Gasteiger partial charge in [0.1, 0.15) is 4.88 Å². The van der Waals surface area contributed by atoms with Crippen LogP contribution in [0.25, 0.3) is 11.3 Å². The largest absolute Gasteiger partial charge is 0.307 e. The number of rotatable bonds is 7. The van der Waals surface area contributed by atoms with Crippen molar-refractivity contribution >= 4 is 39.5 Å². The molecule has 1 amide bonds. The van der Waals surface area contributed by atoms with Crippen molar-refractivity contribution in [2.24, 2.45) is 0 Å². The molecule has 0 aliphatic heterocycles. The van der Waals surface area contributed by atoms with Crippen LogP contribution < -0.4 is 10.2 Å². The lowest BCUT2D eigenvalue weighted by Gasteiger charge is -2.04. The van der Waals surface area contributed by atoms with Crippen molar-refractivity contribution in [3.8, 4) is 11.3 Å². The average Bonchev–Trinajstić information content (AvgIpc) is 3.36. The number of hydrogen-bond acceptors (Lipinski definition) is 6. The van der Waals surface area contributed by atoms with Gasteiger partial charge in [0.25, 0.3) is 0 Å². The predicted molar refractivity (Wildman–Crippen MR) is 124 cm³/mol. The fourth-order valence-corrected chi connectivity index (χ4v) is 4.84. The Balaban J connectivity index is 1.58. The molecule has 2 aromatic carbocycles. The van der Waals surface area contributed by atoms with Crippen LogP contribution >= 0.6 is 22.7 Å². The molecule has 1 N–H and O–H groups in total. The number of aromatic nitrogens is 2.